The number of imide groups is 1. The van der Waals surface area contributed by atoms with Gasteiger partial charge in [-0.3, -0.25) is 19.3 Å². The van der Waals surface area contributed by atoms with E-state index in [4.69, 9.17) is 4.42 Å². The zero-order valence-electron chi connectivity index (χ0n) is 16.9. The molecule has 0 radical (unpaired) electrons. The van der Waals surface area contributed by atoms with E-state index in [1.807, 2.05) is 13.8 Å². The fourth-order valence-corrected chi connectivity index (χ4v) is 3.54. The number of rotatable bonds is 7. The van der Waals surface area contributed by atoms with E-state index >= 15 is 0 Å². The number of nitrogens with zero attached hydrogens (tertiary/aromatic N) is 4. The fourth-order valence-electron chi connectivity index (χ4n) is 3.54. The molecule has 9 nitrogen and oxygen atoms in total. The Morgan fingerprint density at radius 2 is 2.03 bits per heavy atom. The number of likely N-dealkylation sites (tertiary alicyclic amines) is 1. The lowest BCUT2D eigenvalue weighted by atomic mass is 10.1. The normalized spacial score (nSPS) is 14.3. The molecule has 3 aromatic heterocycles. The molecule has 156 valence electrons. The molecule has 0 spiro atoms. The number of carbonyl (C=O) groups is 3. The van der Waals surface area contributed by atoms with Gasteiger partial charge in [0.1, 0.15) is 5.69 Å². The van der Waals surface area contributed by atoms with Gasteiger partial charge >= 0.3 is 0 Å². The largest absolute Gasteiger partial charge is 0.463 e. The Hall–Kier alpha value is -3.49. The van der Waals surface area contributed by atoms with Crippen molar-refractivity contribution in [3.05, 3.63) is 36.2 Å². The predicted molar refractivity (Wildman–Crippen MR) is 109 cm³/mol. The van der Waals surface area contributed by atoms with Crippen LogP contribution in [-0.4, -0.2) is 50.5 Å². The van der Waals surface area contributed by atoms with E-state index in [9.17, 15) is 14.4 Å². The highest BCUT2D eigenvalue weighted by atomic mass is 16.3. The highest BCUT2D eigenvalue weighted by molar-refractivity contribution is 6.06. The summed E-state index contributed by atoms with van der Waals surface area (Å²) in [6.07, 6.45) is 4.24. The number of carbonyl (C=O) groups excluding carboxylic acids is 3. The van der Waals surface area contributed by atoms with Crippen LogP contribution in [0.3, 0.4) is 0 Å². The number of furan rings is 1. The number of nitrogens with one attached hydrogen (secondary N) is 1. The van der Waals surface area contributed by atoms with Gasteiger partial charge in [-0.15, -0.1) is 0 Å². The molecule has 1 fully saturated rings. The van der Waals surface area contributed by atoms with Crippen LogP contribution >= 0.6 is 0 Å². The SMILES string of the molecule is CC(C)n1ncc2c(C(=O)NCCCN3C(=O)CCC3=O)cc(-c3ccco3)nc21. The average molecular weight is 409 g/mol. The van der Waals surface area contributed by atoms with Crippen molar-refractivity contribution in [3.8, 4) is 11.5 Å². The smallest absolute Gasteiger partial charge is 0.252 e. The Kier molecular flexibility index (Phi) is 5.35. The van der Waals surface area contributed by atoms with Gasteiger partial charge in [-0.2, -0.15) is 5.10 Å². The number of hydrogen-bond donors (Lipinski definition) is 1. The molecule has 0 atom stereocenters. The highest BCUT2D eigenvalue weighted by Crippen LogP contribution is 2.26. The first-order chi connectivity index (χ1) is 14.5. The average Bonchev–Trinajstić information content (AvgIpc) is 3.45. The second kappa shape index (κ2) is 8.10. The molecule has 1 aliphatic heterocycles. The van der Waals surface area contributed by atoms with Gasteiger partial charge in [0.2, 0.25) is 11.8 Å². The minimum atomic E-state index is -0.266. The van der Waals surface area contributed by atoms with Gasteiger partial charge in [0, 0.05) is 32.0 Å². The van der Waals surface area contributed by atoms with Crippen molar-refractivity contribution in [2.45, 2.75) is 39.2 Å². The van der Waals surface area contributed by atoms with E-state index in [1.165, 1.54) is 4.90 Å². The lowest BCUT2D eigenvalue weighted by Crippen LogP contribution is -2.33. The minimum Gasteiger partial charge on any atom is -0.463 e. The second-order valence-electron chi connectivity index (χ2n) is 7.50. The molecule has 0 aliphatic carbocycles. The van der Waals surface area contributed by atoms with E-state index in [2.05, 4.69) is 15.4 Å². The molecule has 1 saturated heterocycles. The lowest BCUT2D eigenvalue weighted by molar-refractivity contribution is -0.138. The number of pyridine rings is 1. The molecule has 4 heterocycles. The quantitative estimate of drug-likeness (QED) is 0.474. The minimum absolute atomic E-state index is 0.0771. The van der Waals surface area contributed by atoms with Crippen molar-refractivity contribution in [2.75, 3.05) is 13.1 Å². The Labute approximate surface area is 173 Å². The van der Waals surface area contributed by atoms with Crippen LogP contribution in [0, 0.1) is 0 Å². The number of hydrogen-bond acceptors (Lipinski definition) is 6. The molecule has 3 aromatic rings. The van der Waals surface area contributed by atoms with E-state index in [0.29, 0.717) is 47.6 Å². The fraction of sp³-hybridized carbons (Fsp3) is 0.381. The molecule has 0 bridgehead atoms. The van der Waals surface area contributed by atoms with Gasteiger partial charge in [0.25, 0.3) is 5.91 Å². The Morgan fingerprint density at radius 3 is 2.70 bits per heavy atom. The zero-order valence-corrected chi connectivity index (χ0v) is 16.9. The summed E-state index contributed by atoms with van der Waals surface area (Å²) in [5.74, 6) is 0.00353. The maximum absolute atomic E-state index is 12.9. The summed E-state index contributed by atoms with van der Waals surface area (Å²) in [6, 6.07) is 5.32. The van der Waals surface area contributed by atoms with E-state index < -0.39 is 0 Å². The van der Waals surface area contributed by atoms with Crippen molar-refractivity contribution in [2.24, 2.45) is 0 Å². The molecule has 1 aliphatic rings. The van der Waals surface area contributed by atoms with Crippen LogP contribution in [0.25, 0.3) is 22.5 Å². The van der Waals surface area contributed by atoms with E-state index in [-0.39, 0.29) is 36.6 Å². The van der Waals surface area contributed by atoms with Crippen molar-refractivity contribution in [3.63, 3.8) is 0 Å². The molecule has 9 heteroatoms. The molecule has 30 heavy (non-hydrogen) atoms. The first kappa shape index (κ1) is 19.8. The van der Waals surface area contributed by atoms with Crippen LogP contribution in [0.4, 0.5) is 0 Å². The Balaban J connectivity index is 1.54. The van der Waals surface area contributed by atoms with Gasteiger partial charge in [-0.1, -0.05) is 0 Å². The summed E-state index contributed by atoms with van der Waals surface area (Å²) in [5.41, 5.74) is 1.61. The third kappa shape index (κ3) is 3.70. The predicted octanol–water partition coefficient (Wildman–Crippen LogP) is 2.54. The Bertz CT molecular complexity index is 1080. The first-order valence-electron chi connectivity index (χ1n) is 9.99. The van der Waals surface area contributed by atoms with Gasteiger partial charge in [0.15, 0.2) is 11.4 Å². The maximum Gasteiger partial charge on any atom is 0.252 e. The molecular formula is C21H23N5O4. The second-order valence-corrected chi connectivity index (χ2v) is 7.50. The number of aromatic nitrogens is 3. The van der Waals surface area contributed by atoms with Crippen LogP contribution in [0.15, 0.2) is 35.1 Å². The maximum atomic E-state index is 12.9. The van der Waals surface area contributed by atoms with Crippen LogP contribution in [0.1, 0.15) is 49.5 Å². The summed E-state index contributed by atoms with van der Waals surface area (Å²) in [5, 5.41) is 7.91. The first-order valence-corrected chi connectivity index (χ1v) is 9.99. The molecule has 0 unspecified atom stereocenters. The number of fused-ring (bicyclic) bond motifs is 1. The topological polar surface area (TPSA) is 110 Å². The molecule has 1 N–H and O–H groups in total. The van der Waals surface area contributed by atoms with E-state index in [0.717, 1.165) is 0 Å². The number of amides is 3. The monoisotopic (exact) mass is 409 g/mol. The van der Waals surface area contributed by atoms with Crippen LogP contribution < -0.4 is 5.32 Å². The summed E-state index contributed by atoms with van der Waals surface area (Å²) >= 11 is 0. The zero-order chi connectivity index (χ0) is 21.3. The van der Waals surface area contributed by atoms with Crippen molar-refractivity contribution < 1.29 is 18.8 Å². The molecule has 4 rings (SSSR count). The summed E-state index contributed by atoms with van der Waals surface area (Å²) in [4.78, 5) is 42.2. The van der Waals surface area contributed by atoms with Gasteiger partial charge < -0.3 is 9.73 Å². The third-order valence-electron chi connectivity index (χ3n) is 5.07. The highest BCUT2D eigenvalue weighted by Gasteiger charge is 2.28. The molecule has 0 aromatic carbocycles. The van der Waals surface area contributed by atoms with E-state index in [1.54, 1.807) is 35.3 Å². The molecular weight excluding hydrogens is 386 g/mol. The van der Waals surface area contributed by atoms with Crippen LogP contribution in [-0.2, 0) is 9.59 Å². The lowest BCUT2D eigenvalue weighted by Gasteiger charge is -2.14. The third-order valence-corrected chi connectivity index (χ3v) is 5.07. The van der Waals surface area contributed by atoms with Crippen molar-refractivity contribution >= 4 is 28.8 Å². The van der Waals surface area contributed by atoms with Gasteiger partial charge in [-0.05, 0) is 38.5 Å². The molecule has 0 saturated carbocycles. The summed E-state index contributed by atoms with van der Waals surface area (Å²) in [6.45, 7) is 4.64. The summed E-state index contributed by atoms with van der Waals surface area (Å²) < 4.78 is 7.23. The van der Waals surface area contributed by atoms with Crippen LogP contribution in [0.2, 0.25) is 0 Å². The van der Waals surface area contributed by atoms with Crippen molar-refractivity contribution in [1.29, 1.82) is 0 Å². The Morgan fingerprint density at radius 1 is 1.27 bits per heavy atom. The standard InChI is InChI=1S/C21H23N5O4/c1-13(2)26-20-15(12-23-26)14(11-16(24-20)17-5-3-10-30-17)21(29)22-8-4-9-25-18(27)6-7-19(25)28/h3,5,10-13H,4,6-9H2,1-2H3,(H,22,29). The van der Waals surface area contributed by atoms with Gasteiger partial charge in [0.05, 0.1) is 23.4 Å². The summed E-state index contributed by atoms with van der Waals surface area (Å²) in [7, 11) is 0. The van der Waals surface area contributed by atoms with Crippen molar-refractivity contribution in [1.82, 2.24) is 25.0 Å². The van der Waals surface area contributed by atoms with Crippen LogP contribution in [0.5, 0.6) is 0 Å². The van der Waals surface area contributed by atoms with Gasteiger partial charge in [-0.25, -0.2) is 9.67 Å². The molecule has 3 amide bonds.